The Kier molecular flexibility index (Phi) is 5.73. The molecular weight excluding hydrogens is 419 g/mol. The second-order valence-corrected chi connectivity index (χ2v) is 7.02. The topological polar surface area (TPSA) is 80.4 Å². The fourth-order valence-corrected chi connectivity index (χ4v) is 3.33. The molecule has 1 heterocycles. The van der Waals surface area contributed by atoms with E-state index in [2.05, 4.69) is 15.5 Å². The van der Waals surface area contributed by atoms with E-state index in [9.17, 15) is 10.1 Å². The molecular formula is C16H9Cl3N4O2S. The van der Waals surface area contributed by atoms with E-state index < -0.39 is 4.92 Å². The Hall–Kier alpha value is -2.19. The number of rotatable bonds is 5. The monoisotopic (exact) mass is 426 g/mol. The third-order valence-electron chi connectivity index (χ3n) is 3.31. The number of aromatic nitrogens is 1. The molecule has 0 amide bonds. The van der Waals surface area contributed by atoms with Crippen LogP contribution in [0.2, 0.25) is 15.1 Å². The Labute approximate surface area is 167 Å². The van der Waals surface area contributed by atoms with Crippen molar-refractivity contribution < 1.29 is 4.92 Å². The van der Waals surface area contributed by atoms with Crippen LogP contribution >= 0.6 is 46.1 Å². The molecule has 3 rings (SSSR count). The van der Waals surface area contributed by atoms with Crippen LogP contribution in [0.25, 0.3) is 11.3 Å². The highest BCUT2D eigenvalue weighted by Gasteiger charge is 2.09. The van der Waals surface area contributed by atoms with Crippen molar-refractivity contribution in [1.29, 1.82) is 0 Å². The summed E-state index contributed by atoms with van der Waals surface area (Å²) in [6.07, 6.45) is 1.46. The van der Waals surface area contributed by atoms with E-state index in [0.717, 1.165) is 5.56 Å². The van der Waals surface area contributed by atoms with Crippen molar-refractivity contribution in [3.05, 3.63) is 72.5 Å². The van der Waals surface area contributed by atoms with E-state index in [0.29, 0.717) is 31.5 Å². The van der Waals surface area contributed by atoms with Crippen molar-refractivity contribution in [2.75, 3.05) is 5.43 Å². The molecule has 2 aromatic carbocycles. The number of nitrogens with one attached hydrogen (secondary N) is 1. The van der Waals surface area contributed by atoms with Crippen molar-refractivity contribution in [2.45, 2.75) is 0 Å². The summed E-state index contributed by atoms with van der Waals surface area (Å²) in [7, 11) is 0. The molecule has 0 saturated carbocycles. The van der Waals surface area contributed by atoms with Crippen LogP contribution in [-0.4, -0.2) is 16.1 Å². The lowest BCUT2D eigenvalue weighted by Crippen LogP contribution is -1.92. The van der Waals surface area contributed by atoms with Crippen molar-refractivity contribution in [3.63, 3.8) is 0 Å². The minimum absolute atomic E-state index is 0.0298. The van der Waals surface area contributed by atoms with Crippen LogP contribution in [0.15, 0.2) is 46.9 Å². The second kappa shape index (κ2) is 8.01. The smallest absolute Gasteiger partial charge is 0.258 e. The van der Waals surface area contributed by atoms with Crippen LogP contribution in [-0.2, 0) is 0 Å². The molecule has 0 aliphatic heterocycles. The van der Waals surface area contributed by atoms with Gasteiger partial charge in [0.1, 0.15) is 0 Å². The summed E-state index contributed by atoms with van der Waals surface area (Å²) in [5, 5.41) is 18.3. The average molecular weight is 428 g/mol. The van der Waals surface area contributed by atoms with Gasteiger partial charge >= 0.3 is 0 Å². The van der Waals surface area contributed by atoms with E-state index in [1.807, 2.05) is 5.38 Å². The number of nitro benzene ring substituents is 1. The third-order valence-corrected chi connectivity index (χ3v) is 5.21. The molecule has 0 bridgehead atoms. The Morgan fingerprint density at radius 1 is 1.12 bits per heavy atom. The summed E-state index contributed by atoms with van der Waals surface area (Å²) in [4.78, 5) is 14.6. The van der Waals surface area contributed by atoms with E-state index in [-0.39, 0.29) is 5.69 Å². The number of hydrogen-bond donors (Lipinski definition) is 1. The van der Waals surface area contributed by atoms with E-state index in [1.54, 1.807) is 24.3 Å². The minimum Gasteiger partial charge on any atom is -0.258 e. The standard InChI is InChI=1S/C16H9Cl3N4O2S/c17-12-5-6-13(18)15(19)11(12)7-20-22-16-21-14(8-26-16)9-1-3-10(4-2-9)23(24)25/h1-8H,(H,21,22)/b20-7-. The van der Waals surface area contributed by atoms with Gasteiger partial charge in [-0.3, -0.25) is 15.5 Å². The SMILES string of the molecule is O=[N+]([O-])c1ccc(-c2csc(N/N=C\c3c(Cl)ccc(Cl)c3Cl)n2)cc1. The molecule has 6 nitrogen and oxygen atoms in total. The van der Waals surface area contributed by atoms with Gasteiger partial charge in [-0.25, -0.2) is 4.98 Å². The zero-order chi connectivity index (χ0) is 18.7. The molecule has 0 fully saturated rings. The zero-order valence-corrected chi connectivity index (χ0v) is 15.9. The van der Waals surface area contributed by atoms with Crippen LogP contribution in [0.3, 0.4) is 0 Å². The molecule has 0 atom stereocenters. The normalized spacial score (nSPS) is 11.0. The Bertz CT molecular complexity index is 990. The summed E-state index contributed by atoms with van der Waals surface area (Å²) in [5.41, 5.74) is 4.78. The highest BCUT2D eigenvalue weighted by Crippen LogP contribution is 2.30. The molecule has 10 heteroatoms. The second-order valence-electron chi connectivity index (χ2n) is 4.97. The molecule has 0 unspecified atom stereocenters. The molecule has 0 radical (unpaired) electrons. The molecule has 1 N–H and O–H groups in total. The summed E-state index contributed by atoms with van der Waals surface area (Å²) in [6.45, 7) is 0. The van der Waals surface area contributed by atoms with Gasteiger partial charge in [-0.05, 0) is 24.3 Å². The summed E-state index contributed by atoms with van der Waals surface area (Å²) >= 11 is 19.5. The van der Waals surface area contributed by atoms with Gasteiger partial charge in [-0.2, -0.15) is 5.10 Å². The number of hydrogen-bond acceptors (Lipinski definition) is 6. The summed E-state index contributed by atoms with van der Waals surface area (Å²) in [6, 6.07) is 9.39. The van der Waals surface area contributed by atoms with Crippen molar-refractivity contribution in [2.24, 2.45) is 5.10 Å². The van der Waals surface area contributed by atoms with E-state index >= 15 is 0 Å². The third kappa shape index (κ3) is 4.13. The van der Waals surface area contributed by atoms with Crippen LogP contribution in [0, 0.1) is 10.1 Å². The maximum absolute atomic E-state index is 10.7. The summed E-state index contributed by atoms with van der Waals surface area (Å²) < 4.78 is 0. The van der Waals surface area contributed by atoms with Gasteiger partial charge in [-0.15, -0.1) is 11.3 Å². The maximum atomic E-state index is 10.7. The van der Waals surface area contributed by atoms with Gasteiger partial charge in [0, 0.05) is 28.6 Å². The Balaban J connectivity index is 1.73. The first kappa shape index (κ1) is 18.6. The van der Waals surface area contributed by atoms with Gasteiger partial charge < -0.3 is 0 Å². The average Bonchev–Trinajstić information content (AvgIpc) is 3.10. The van der Waals surface area contributed by atoms with E-state index in [4.69, 9.17) is 34.8 Å². The van der Waals surface area contributed by atoms with Gasteiger partial charge in [0.15, 0.2) is 0 Å². The maximum Gasteiger partial charge on any atom is 0.269 e. The van der Waals surface area contributed by atoms with Crippen LogP contribution in [0.5, 0.6) is 0 Å². The number of thiazole rings is 1. The number of non-ortho nitro benzene ring substituents is 1. The molecule has 1 aromatic heterocycles. The van der Waals surface area contributed by atoms with Crippen molar-refractivity contribution in [1.82, 2.24) is 4.98 Å². The highest BCUT2D eigenvalue weighted by atomic mass is 35.5. The fraction of sp³-hybridized carbons (Fsp3) is 0. The number of benzene rings is 2. The van der Waals surface area contributed by atoms with Crippen LogP contribution < -0.4 is 5.43 Å². The Morgan fingerprint density at radius 3 is 2.50 bits per heavy atom. The van der Waals surface area contributed by atoms with Gasteiger partial charge in [0.25, 0.3) is 5.69 Å². The molecule has 0 aliphatic carbocycles. The molecule has 3 aromatic rings. The van der Waals surface area contributed by atoms with Crippen molar-refractivity contribution in [3.8, 4) is 11.3 Å². The lowest BCUT2D eigenvalue weighted by molar-refractivity contribution is -0.384. The van der Waals surface area contributed by atoms with E-state index in [1.165, 1.54) is 29.7 Å². The number of nitrogens with zero attached hydrogens (tertiary/aromatic N) is 3. The highest BCUT2D eigenvalue weighted by molar-refractivity contribution is 7.14. The number of hydrazone groups is 1. The molecule has 132 valence electrons. The predicted molar refractivity (Wildman–Crippen MR) is 107 cm³/mol. The molecule has 26 heavy (non-hydrogen) atoms. The molecule has 0 saturated heterocycles. The largest absolute Gasteiger partial charge is 0.269 e. The first-order chi connectivity index (χ1) is 12.5. The lowest BCUT2D eigenvalue weighted by atomic mass is 10.1. The van der Waals surface area contributed by atoms with Crippen LogP contribution in [0.4, 0.5) is 10.8 Å². The number of anilines is 1. The lowest BCUT2D eigenvalue weighted by Gasteiger charge is -2.03. The van der Waals surface area contributed by atoms with Crippen molar-refractivity contribution >= 4 is 63.2 Å². The van der Waals surface area contributed by atoms with Gasteiger partial charge in [0.05, 0.1) is 31.9 Å². The molecule has 0 spiro atoms. The number of nitro groups is 1. The summed E-state index contributed by atoms with van der Waals surface area (Å²) in [5.74, 6) is 0. The fourth-order valence-electron chi connectivity index (χ4n) is 2.02. The number of halogens is 3. The first-order valence-corrected chi connectivity index (χ1v) is 9.10. The predicted octanol–water partition coefficient (Wildman–Crippen LogP) is 6.12. The quantitative estimate of drug-likeness (QED) is 0.230. The zero-order valence-electron chi connectivity index (χ0n) is 12.8. The van der Waals surface area contributed by atoms with Gasteiger partial charge in [0.2, 0.25) is 5.13 Å². The Morgan fingerprint density at radius 2 is 1.81 bits per heavy atom. The first-order valence-electron chi connectivity index (χ1n) is 7.08. The van der Waals surface area contributed by atoms with Gasteiger partial charge in [-0.1, -0.05) is 34.8 Å². The molecule has 0 aliphatic rings. The minimum atomic E-state index is -0.446. The van der Waals surface area contributed by atoms with Crippen LogP contribution in [0.1, 0.15) is 5.56 Å².